The van der Waals surface area contributed by atoms with Gasteiger partial charge in [0.2, 0.25) is 0 Å². The molecule has 0 spiro atoms. The number of halogens is 1. The second kappa shape index (κ2) is 7.08. The van der Waals surface area contributed by atoms with Gasteiger partial charge in [0.15, 0.2) is 0 Å². The third-order valence-corrected chi connectivity index (χ3v) is 5.10. The van der Waals surface area contributed by atoms with E-state index in [0.29, 0.717) is 3.42 Å². The fourth-order valence-electron chi connectivity index (χ4n) is 2.48. The average Bonchev–Trinajstić information content (AvgIpc) is 2.18. The molecule has 14 heavy (non-hydrogen) atoms. The summed E-state index contributed by atoms with van der Waals surface area (Å²) in [6, 6.07) is 0. The first-order valence-corrected chi connectivity index (χ1v) is 7.54. The molecule has 0 aromatic heterocycles. The molecule has 0 amide bonds. The van der Waals surface area contributed by atoms with Crippen LogP contribution in [0.3, 0.4) is 0 Å². The molecule has 0 aliphatic heterocycles. The third-order valence-electron chi connectivity index (χ3n) is 3.48. The molecule has 84 valence electrons. The van der Waals surface area contributed by atoms with E-state index in [4.69, 9.17) is 0 Å². The molecule has 0 radical (unpaired) electrons. The Morgan fingerprint density at radius 2 is 1.57 bits per heavy atom. The van der Waals surface area contributed by atoms with Gasteiger partial charge in [-0.15, -0.1) is 0 Å². The Morgan fingerprint density at radius 1 is 0.929 bits per heavy atom. The lowest BCUT2D eigenvalue weighted by Crippen LogP contribution is -2.23. The van der Waals surface area contributed by atoms with Crippen molar-refractivity contribution < 1.29 is 0 Å². The minimum absolute atomic E-state index is 0.697. The summed E-state index contributed by atoms with van der Waals surface area (Å²) < 4.78 is 0.697. The molecular weight excluding hydrogens is 283 g/mol. The Bertz CT molecular complexity index is 136. The van der Waals surface area contributed by atoms with Gasteiger partial charge in [-0.1, -0.05) is 80.9 Å². The first-order chi connectivity index (χ1) is 6.77. The van der Waals surface area contributed by atoms with Crippen molar-refractivity contribution in [3.8, 4) is 0 Å². The van der Waals surface area contributed by atoms with E-state index in [0.717, 1.165) is 0 Å². The van der Waals surface area contributed by atoms with Crippen molar-refractivity contribution in [2.24, 2.45) is 0 Å². The summed E-state index contributed by atoms with van der Waals surface area (Å²) in [6.07, 6.45) is 16.1. The number of unbranched alkanes of at least 4 members (excludes halogenated alkanes) is 4. The Balaban J connectivity index is 2.03. The summed E-state index contributed by atoms with van der Waals surface area (Å²) in [5.41, 5.74) is 0. The summed E-state index contributed by atoms with van der Waals surface area (Å²) in [4.78, 5) is 0. The highest BCUT2D eigenvalue weighted by molar-refractivity contribution is 14.1. The molecule has 0 aromatic rings. The minimum atomic E-state index is 0.697. The second-order valence-electron chi connectivity index (χ2n) is 4.88. The first kappa shape index (κ1) is 12.8. The zero-order chi connectivity index (χ0) is 10.3. The molecule has 0 aromatic carbocycles. The van der Waals surface area contributed by atoms with Gasteiger partial charge in [0.1, 0.15) is 0 Å². The van der Waals surface area contributed by atoms with Crippen LogP contribution >= 0.6 is 22.6 Å². The predicted molar refractivity (Wildman–Crippen MR) is 73.2 cm³/mol. The summed E-state index contributed by atoms with van der Waals surface area (Å²) in [7, 11) is 0. The van der Waals surface area contributed by atoms with Crippen LogP contribution in [0.2, 0.25) is 0 Å². The molecule has 0 N–H and O–H groups in total. The van der Waals surface area contributed by atoms with Crippen LogP contribution in [0.15, 0.2) is 0 Å². The van der Waals surface area contributed by atoms with Gasteiger partial charge < -0.3 is 0 Å². The van der Waals surface area contributed by atoms with Gasteiger partial charge in [-0.3, -0.25) is 0 Å². The van der Waals surface area contributed by atoms with Crippen LogP contribution in [0.5, 0.6) is 0 Å². The van der Waals surface area contributed by atoms with E-state index in [1.165, 1.54) is 70.6 Å². The highest BCUT2D eigenvalue weighted by atomic mass is 127. The lowest BCUT2D eigenvalue weighted by molar-refractivity contribution is 0.383. The maximum Gasteiger partial charge on any atom is 0.0222 e. The molecule has 0 heterocycles. The van der Waals surface area contributed by atoms with Crippen LogP contribution in [0.1, 0.15) is 77.6 Å². The summed E-state index contributed by atoms with van der Waals surface area (Å²) in [6.45, 7) is 2.29. The number of rotatable bonds is 6. The molecule has 1 saturated carbocycles. The Morgan fingerprint density at radius 3 is 2.21 bits per heavy atom. The normalized spacial score (nSPS) is 21.0. The topological polar surface area (TPSA) is 0 Å². The van der Waals surface area contributed by atoms with E-state index in [1.807, 2.05) is 0 Å². The molecule has 0 atom stereocenters. The monoisotopic (exact) mass is 308 g/mol. The Kier molecular flexibility index (Phi) is 6.47. The quantitative estimate of drug-likeness (QED) is 0.346. The Labute approximate surface area is 103 Å². The van der Waals surface area contributed by atoms with Gasteiger partial charge in [-0.2, -0.15) is 0 Å². The van der Waals surface area contributed by atoms with E-state index < -0.39 is 0 Å². The van der Waals surface area contributed by atoms with Crippen molar-refractivity contribution in [3.63, 3.8) is 0 Å². The van der Waals surface area contributed by atoms with E-state index in [1.54, 1.807) is 0 Å². The molecule has 1 heteroatoms. The zero-order valence-electron chi connectivity index (χ0n) is 9.66. The van der Waals surface area contributed by atoms with Gasteiger partial charge in [0, 0.05) is 3.42 Å². The molecule has 1 aliphatic carbocycles. The largest absolute Gasteiger partial charge is 0.0789 e. The van der Waals surface area contributed by atoms with Crippen LogP contribution in [0.25, 0.3) is 0 Å². The highest BCUT2D eigenvalue weighted by Gasteiger charge is 2.27. The molecule has 0 saturated heterocycles. The standard InChI is InChI=1S/C13H25I/c1-2-3-4-5-7-10-13(14)11-8-6-9-12-13/h2-12H2,1H3. The smallest absolute Gasteiger partial charge is 0.0222 e. The van der Waals surface area contributed by atoms with E-state index >= 15 is 0 Å². The molecule has 1 fully saturated rings. The third kappa shape index (κ3) is 4.99. The second-order valence-corrected chi connectivity index (χ2v) is 7.16. The van der Waals surface area contributed by atoms with E-state index in [-0.39, 0.29) is 0 Å². The summed E-state index contributed by atoms with van der Waals surface area (Å²) in [5.74, 6) is 0. The van der Waals surface area contributed by atoms with Gasteiger partial charge in [-0.25, -0.2) is 0 Å². The Hall–Kier alpha value is 0.730. The minimum Gasteiger partial charge on any atom is -0.0789 e. The number of alkyl halides is 1. The van der Waals surface area contributed by atoms with Crippen LogP contribution < -0.4 is 0 Å². The van der Waals surface area contributed by atoms with Crippen molar-refractivity contribution in [1.29, 1.82) is 0 Å². The van der Waals surface area contributed by atoms with Crippen LogP contribution in [0, 0.1) is 0 Å². The van der Waals surface area contributed by atoms with Crippen molar-refractivity contribution in [1.82, 2.24) is 0 Å². The fourth-order valence-corrected chi connectivity index (χ4v) is 3.62. The lowest BCUT2D eigenvalue weighted by atomic mass is 9.85. The molecule has 1 aliphatic rings. The number of hydrogen-bond donors (Lipinski definition) is 0. The first-order valence-electron chi connectivity index (χ1n) is 6.46. The van der Waals surface area contributed by atoms with Crippen molar-refractivity contribution in [3.05, 3.63) is 0 Å². The van der Waals surface area contributed by atoms with E-state index in [2.05, 4.69) is 29.5 Å². The maximum absolute atomic E-state index is 2.75. The average molecular weight is 308 g/mol. The van der Waals surface area contributed by atoms with E-state index in [9.17, 15) is 0 Å². The fraction of sp³-hybridized carbons (Fsp3) is 1.00. The van der Waals surface area contributed by atoms with Crippen LogP contribution in [-0.4, -0.2) is 3.42 Å². The van der Waals surface area contributed by atoms with Gasteiger partial charge in [0.25, 0.3) is 0 Å². The predicted octanol–water partition coefficient (Wildman–Crippen LogP) is 5.48. The molecule has 0 nitrogen and oxygen atoms in total. The zero-order valence-corrected chi connectivity index (χ0v) is 11.8. The highest BCUT2D eigenvalue weighted by Crippen LogP contribution is 2.40. The van der Waals surface area contributed by atoms with Crippen molar-refractivity contribution >= 4 is 22.6 Å². The molecular formula is C13H25I. The van der Waals surface area contributed by atoms with Gasteiger partial charge in [-0.05, 0) is 19.3 Å². The summed E-state index contributed by atoms with van der Waals surface area (Å²) in [5, 5.41) is 0. The molecule has 0 bridgehead atoms. The molecule has 0 unspecified atom stereocenters. The van der Waals surface area contributed by atoms with Crippen LogP contribution in [0.4, 0.5) is 0 Å². The summed E-state index contributed by atoms with van der Waals surface area (Å²) >= 11 is 2.75. The van der Waals surface area contributed by atoms with Gasteiger partial charge in [0.05, 0.1) is 0 Å². The van der Waals surface area contributed by atoms with Gasteiger partial charge >= 0.3 is 0 Å². The van der Waals surface area contributed by atoms with Crippen molar-refractivity contribution in [2.45, 2.75) is 81.0 Å². The maximum atomic E-state index is 2.75. The lowest BCUT2D eigenvalue weighted by Gasteiger charge is -2.31. The van der Waals surface area contributed by atoms with Crippen molar-refractivity contribution in [2.75, 3.05) is 0 Å². The van der Waals surface area contributed by atoms with Crippen LogP contribution in [-0.2, 0) is 0 Å². The SMILES string of the molecule is CCCCCCCC1(I)CCCCC1. The molecule has 1 rings (SSSR count). The number of hydrogen-bond acceptors (Lipinski definition) is 0.